The highest BCUT2D eigenvalue weighted by molar-refractivity contribution is 5.73. The maximum Gasteiger partial charge on any atom is 0.184 e. The second kappa shape index (κ2) is 6.37. The van der Waals surface area contributed by atoms with Gasteiger partial charge in [-0.1, -0.05) is 42.5 Å². The number of ether oxygens (including phenoxy) is 2. The maximum absolute atomic E-state index is 9.67. The molecule has 1 fully saturated rings. The predicted octanol–water partition coefficient (Wildman–Crippen LogP) is 2.38. The lowest BCUT2D eigenvalue weighted by Gasteiger charge is -2.21. The third-order valence-corrected chi connectivity index (χ3v) is 3.68. The van der Waals surface area contributed by atoms with Gasteiger partial charge in [0.25, 0.3) is 0 Å². The predicted molar refractivity (Wildman–Crippen MR) is 78.4 cm³/mol. The molecular formula is C17H18O4. The molecule has 0 radical (unpaired) electrons. The SMILES string of the molecule is OCc1ccc(CO)c(C2OCCO2)c1-c1ccccc1. The molecule has 2 aromatic carbocycles. The van der Waals surface area contributed by atoms with Crippen LogP contribution in [0.4, 0.5) is 0 Å². The van der Waals surface area contributed by atoms with E-state index in [-0.39, 0.29) is 13.2 Å². The molecular weight excluding hydrogens is 268 g/mol. The van der Waals surface area contributed by atoms with Gasteiger partial charge in [-0.3, -0.25) is 0 Å². The van der Waals surface area contributed by atoms with Gasteiger partial charge in [-0.15, -0.1) is 0 Å². The Labute approximate surface area is 123 Å². The summed E-state index contributed by atoms with van der Waals surface area (Å²) in [4.78, 5) is 0. The summed E-state index contributed by atoms with van der Waals surface area (Å²) < 4.78 is 11.3. The molecule has 0 saturated carbocycles. The van der Waals surface area contributed by atoms with Gasteiger partial charge < -0.3 is 19.7 Å². The van der Waals surface area contributed by atoms with Crippen LogP contribution < -0.4 is 0 Å². The smallest absolute Gasteiger partial charge is 0.184 e. The number of aliphatic hydroxyl groups excluding tert-OH is 2. The van der Waals surface area contributed by atoms with Crippen molar-refractivity contribution in [3.8, 4) is 11.1 Å². The van der Waals surface area contributed by atoms with Gasteiger partial charge in [0.1, 0.15) is 0 Å². The Balaban J connectivity index is 2.22. The van der Waals surface area contributed by atoms with Crippen LogP contribution in [0, 0.1) is 0 Å². The molecule has 110 valence electrons. The third kappa shape index (κ3) is 2.71. The van der Waals surface area contributed by atoms with Gasteiger partial charge in [0.2, 0.25) is 0 Å². The Bertz CT molecular complexity index is 604. The second-order valence-electron chi connectivity index (χ2n) is 4.93. The van der Waals surface area contributed by atoms with E-state index in [0.29, 0.717) is 13.2 Å². The van der Waals surface area contributed by atoms with Crippen LogP contribution in [-0.4, -0.2) is 23.4 Å². The van der Waals surface area contributed by atoms with Gasteiger partial charge >= 0.3 is 0 Å². The van der Waals surface area contributed by atoms with E-state index in [2.05, 4.69) is 0 Å². The van der Waals surface area contributed by atoms with E-state index in [4.69, 9.17) is 9.47 Å². The van der Waals surface area contributed by atoms with Gasteiger partial charge in [-0.2, -0.15) is 0 Å². The van der Waals surface area contributed by atoms with Gasteiger partial charge in [0.15, 0.2) is 6.29 Å². The van der Waals surface area contributed by atoms with Crippen molar-refractivity contribution in [1.29, 1.82) is 0 Å². The molecule has 0 aliphatic carbocycles. The van der Waals surface area contributed by atoms with E-state index < -0.39 is 6.29 Å². The molecule has 1 saturated heterocycles. The summed E-state index contributed by atoms with van der Waals surface area (Å²) >= 11 is 0. The molecule has 0 aromatic heterocycles. The first-order valence-electron chi connectivity index (χ1n) is 7.00. The average Bonchev–Trinajstić information content (AvgIpc) is 3.08. The Hall–Kier alpha value is -1.72. The lowest BCUT2D eigenvalue weighted by molar-refractivity contribution is -0.0449. The van der Waals surface area contributed by atoms with Crippen molar-refractivity contribution in [2.24, 2.45) is 0 Å². The molecule has 4 heteroatoms. The summed E-state index contributed by atoms with van der Waals surface area (Å²) in [5.74, 6) is 0. The van der Waals surface area contributed by atoms with Crippen molar-refractivity contribution >= 4 is 0 Å². The first kappa shape index (κ1) is 14.2. The van der Waals surface area contributed by atoms with Crippen LogP contribution in [-0.2, 0) is 22.7 Å². The van der Waals surface area contributed by atoms with Gasteiger partial charge in [0, 0.05) is 5.56 Å². The minimum absolute atomic E-state index is 0.0738. The molecule has 1 aliphatic rings. The zero-order valence-corrected chi connectivity index (χ0v) is 11.7. The van der Waals surface area contributed by atoms with Crippen molar-refractivity contribution < 1.29 is 19.7 Å². The normalized spacial score (nSPS) is 15.5. The van der Waals surface area contributed by atoms with Crippen LogP contribution in [0.5, 0.6) is 0 Å². The minimum atomic E-state index is -0.492. The highest BCUT2D eigenvalue weighted by Gasteiger charge is 2.26. The average molecular weight is 286 g/mol. The van der Waals surface area contributed by atoms with E-state index >= 15 is 0 Å². The van der Waals surface area contributed by atoms with Gasteiger partial charge in [-0.25, -0.2) is 0 Å². The number of benzene rings is 2. The highest BCUT2D eigenvalue weighted by atomic mass is 16.7. The van der Waals surface area contributed by atoms with Crippen molar-refractivity contribution in [1.82, 2.24) is 0 Å². The summed E-state index contributed by atoms with van der Waals surface area (Å²) in [7, 11) is 0. The number of rotatable bonds is 4. The zero-order chi connectivity index (χ0) is 14.7. The minimum Gasteiger partial charge on any atom is -0.392 e. The zero-order valence-electron chi connectivity index (χ0n) is 11.7. The lowest BCUT2D eigenvalue weighted by atomic mass is 9.90. The molecule has 4 nitrogen and oxygen atoms in total. The van der Waals surface area contributed by atoms with E-state index in [9.17, 15) is 10.2 Å². The largest absolute Gasteiger partial charge is 0.392 e. The molecule has 3 rings (SSSR count). The van der Waals surface area contributed by atoms with Crippen LogP contribution in [0.25, 0.3) is 11.1 Å². The number of hydrogen-bond acceptors (Lipinski definition) is 4. The molecule has 0 amide bonds. The van der Waals surface area contributed by atoms with E-state index in [1.165, 1.54) is 0 Å². The number of hydrogen-bond donors (Lipinski definition) is 2. The summed E-state index contributed by atoms with van der Waals surface area (Å²) in [5, 5.41) is 19.3. The first-order chi connectivity index (χ1) is 10.3. The van der Waals surface area contributed by atoms with E-state index in [0.717, 1.165) is 27.8 Å². The standard InChI is InChI=1S/C17H18O4/c18-10-13-6-7-14(11-19)16(17-20-8-9-21-17)15(13)12-4-2-1-3-5-12/h1-7,17-19H,8-11H2. The van der Waals surface area contributed by atoms with Crippen LogP contribution in [0.3, 0.4) is 0 Å². The fraction of sp³-hybridized carbons (Fsp3) is 0.294. The topological polar surface area (TPSA) is 58.9 Å². The number of aliphatic hydroxyl groups is 2. The monoisotopic (exact) mass is 286 g/mol. The van der Waals surface area contributed by atoms with Gasteiger partial charge in [-0.05, 0) is 22.3 Å². The summed E-state index contributed by atoms with van der Waals surface area (Å²) in [6.45, 7) is 0.903. The maximum atomic E-state index is 9.67. The summed E-state index contributed by atoms with van der Waals surface area (Å²) in [5.41, 5.74) is 4.24. The van der Waals surface area contributed by atoms with Crippen molar-refractivity contribution in [3.63, 3.8) is 0 Å². The molecule has 0 spiro atoms. The second-order valence-corrected chi connectivity index (χ2v) is 4.93. The van der Waals surface area contributed by atoms with Crippen LogP contribution in [0.2, 0.25) is 0 Å². The van der Waals surface area contributed by atoms with Crippen molar-refractivity contribution in [2.45, 2.75) is 19.5 Å². The van der Waals surface area contributed by atoms with Crippen LogP contribution in [0.15, 0.2) is 42.5 Å². The third-order valence-electron chi connectivity index (χ3n) is 3.68. The molecule has 21 heavy (non-hydrogen) atoms. The summed E-state index contributed by atoms with van der Waals surface area (Å²) in [6, 6.07) is 13.5. The molecule has 1 heterocycles. The Morgan fingerprint density at radius 2 is 1.48 bits per heavy atom. The highest BCUT2D eigenvalue weighted by Crippen LogP contribution is 2.38. The molecule has 2 N–H and O–H groups in total. The molecule has 0 atom stereocenters. The Morgan fingerprint density at radius 3 is 2.10 bits per heavy atom. The van der Waals surface area contributed by atoms with Crippen LogP contribution in [0.1, 0.15) is 23.0 Å². The molecule has 0 unspecified atom stereocenters. The molecule has 1 aliphatic heterocycles. The first-order valence-corrected chi connectivity index (χ1v) is 7.00. The van der Waals surface area contributed by atoms with E-state index in [1.807, 2.05) is 42.5 Å². The van der Waals surface area contributed by atoms with E-state index in [1.54, 1.807) is 0 Å². The molecule has 0 bridgehead atoms. The molecule has 2 aromatic rings. The van der Waals surface area contributed by atoms with Crippen molar-refractivity contribution in [2.75, 3.05) is 13.2 Å². The summed E-state index contributed by atoms with van der Waals surface area (Å²) in [6.07, 6.45) is -0.492. The van der Waals surface area contributed by atoms with Crippen molar-refractivity contribution in [3.05, 3.63) is 59.2 Å². The fourth-order valence-electron chi connectivity index (χ4n) is 2.72. The lowest BCUT2D eigenvalue weighted by Crippen LogP contribution is -2.08. The fourth-order valence-corrected chi connectivity index (χ4v) is 2.72. The van der Waals surface area contributed by atoms with Gasteiger partial charge in [0.05, 0.1) is 26.4 Å². The Morgan fingerprint density at radius 1 is 0.857 bits per heavy atom. The quantitative estimate of drug-likeness (QED) is 0.906. The Kier molecular flexibility index (Phi) is 4.31. The van der Waals surface area contributed by atoms with Crippen LogP contribution >= 0.6 is 0 Å².